The molecule has 2 fully saturated rings. The Kier molecular flexibility index (Phi) is 4.38. The highest BCUT2D eigenvalue weighted by Gasteiger charge is 2.56. The molecule has 3 unspecified atom stereocenters. The molecule has 0 radical (unpaired) electrons. The van der Waals surface area contributed by atoms with Gasteiger partial charge in [0, 0.05) is 13.0 Å². The van der Waals surface area contributed by atoms with Crippen molar-refractivity contribution in [2.75, 3.05) is 6.54 Å². The fourth-order valence-corrected chi connectivity index (χ4v) is 3.36. The summed E-state index contributed by atoms with van der Waals surface area (Å²) < 4.78 is 0. The number of rotatable bonds is 4. The molecule has 2 aliphatic heterocycles. The van der Waals surface area contributed by atoms with Crippen LogP contribution in [0.5, 0.6) is 0 Å². The Morgan fingerprint density at radius 3 is 2.40 bits per heavy atom. The molecule has 3 atom stereocenters. The Morgan fingerprint density at radius 2 is 1.84 bits per heavy atom. The Balaban J connectivity index is 1.92. The van der Waals surface area contributed by atoms with Crippen LogP contribution in [0.4, 0.5) is 0 Å². The highest BCUT2D eigenvalue weighted by molar-refractivity contribution is 6.07. The Labute approximate surface area is 146 Å². The Morgan fingerprint density at radius 1 is 1.20 bits per heavy atom. The first-order valence-corrected chi connectivity index (χ1v) is 8.35. The predicted octanol–water partition coefficient (Wildman–Crippen LogP) is 0.789. The van der Waals surface area contributed by atoms with Gasteiger partial charge in [0.15, 0.2) is 6.10 Å². The molecule has 0 bridgehead atoms. The first kappa shape index (κ1) is 17.6. The SMILES string of the molecule is CC(C)(C)c1ccc(C2C3C(=O)NC(=O)C3ON2CCC(N)=O)cc1. The van der Waals surface area contributed by atoms with Crippen LogP contribution in [0, 0.1) is 5.92 Å². The van der Waals surface area contributed by atoms with Gasteiger partial charge in [0.1, 0.15) is 0 Å². The Hall–Kier alpha value is -2.25. The standard InChI is InChI=1S/C18H23N3O4/c1-18(2,3)11-6-4-10(5-7-11)14-13-15(17(24)20-16(13)23)25-21(14)9-8-12(19)22/h4-7,13-15H,8-9H2,1-3H3,(H2,19,22)(H,20,23,24). The van der Waals surface area contributed by atoms with E-state index in [-0.39, 0.29) is 24.3 Å². The van der Waals surface area contributed by atoms with Crippen molar-refractivity contribution in [2.45, 2.75) is 44.8 Å². The van der Waals surface area contributed by atoms with Gasteiger partial charge in [-0.3, -0.25) is 24.5 Å². The molecule has 1 aromatic rings. The van der Waals surface area contributed by atoms with Crippen LogP contribution in [0.3, 0.4) is 0 Å². The molecule has 134 valence electrons. The van der Waals surface area contributed by atoms with E-state index in [1.54, 1.807) is 5.06 Å². The van der Waals surface area contributed by atoms with Gasteiger partial charge in [0.05, 0.1) is 12.0 Å². The summed E-state index contributed by atoms with van der Waals surface area (Å²) in [6.07, 6.45) is -0.765. The van der Waals surface area contributed by atoms with Crippen LogP contribution in [-0.2, 0) is 24.6 Å². The largest absolute Gasteiger partial charge is 0.370 e. The summed E-state index contributed by atoms with van der Waals surface area (Å²) in [5, 5.41) is 3.86. The fraction of sp³-hybridized carbons (Fsp3) is 0.500. The lowest BCUT2D eigenvalue weighted by Crippen LogP contribution is -2.34. The fourth-order valence-electron chi connectivity index (χ4n) is 3.36. The van der Waals surface area contributed by atoms with E-state index in [4.69, 9.17) is 10.6 Å². The molecule has 1 aromatic carbocycles. The topological polar surface area (TPSA) is 102 Å². The number of nitrogens with two attached hydrogens (primary N) is 1. The van der Waals surface area contributed by atoms with Gasteiger partial charge in [-0.05, 0) is 16.5 Å². The Bertz CT molecular complexity index is 708. The minimum atomic E-state index is -0.854. The molecule has 0 spiro atoms. The molecule has 3 amide bonds. The van der Waals surface area contributed by atoms with Crippen molar-refractivity contribution in [1.82, 2.24) is 10.4 Å². The predicted molar refractivity (Wildman–Crippen MR) is 89.9 cm³/mol. The number of fused-ring (bicyclic) bond motifs is 1. The van der Waals surface area contributed by atoms with Crippen molar-refractivity contribution < 1.29 is 19.2 Å². The maximum atomic E-state index is 12.2. The summed E-state index contributed by atoms with van der Waals surface area (Å²) in [7, 11) is 0. The van der Waals surface area contributed by atoms with E-state index in [2.05, 4.69) is 26.1 Å². The minimum Gasteiger partial charge on any atom is -0.370 e. The summed E-state index contributed by atoms with van der Waals surface area (Å²) >= 11 is 0. The number of benzene rings is 1. The molecule has 2 saturated heterocycles. The average molecular weight is 345 g/mol. The van der Waals surface area contributed by atoms with Gasteiger partial charge in [0.25, 0.3) is 5.91 Å². The van der Waals surface area contributed by atoms with Gasteiger partial charge >= 0.3 is 0 Å². The molecule has 3 rings (SSSR count). The zero-order chi connectivity index (χ0) is 18.4. The number of nitrogens with zero attached hydrogens (tertiary/aromatic N) is 1. The molecule has 25 heavy (non-hydrogen) atoms. The highest BCUT2D eigenvalue weighted by Crippen LogP contribution is 2.42. The van der Waals surface area contributed by atoms with Crippen LogP contribution >= 0.6 is 0 Å². The number of hydrogen-bond acceptors (Lipinski definition) is 5. The second-order valence-electron chi connectivity index (χ2n) is 7.58. The van der Waals surface area contributed by atoms with Crippen molar-refractivity contribution in [3.05, 3.63) is 35.4 Å². The second-order valence-corrected chi connectivity index (χ2v) is 7.58. The quantitative estimate of drug-likeness (QED) is 0.786. The molecule has 0 aromatic heterocycles. The summed E-state index contributed by atoms with van der Waals surface area (Å²) in [6, 6.07) is 7.51. The second kappa shape index (κ2) is 6.24. The highest BCUT2D eigenvalue weighted by atomic mass is 16.7. The molecule has 2 heterocycles. The summed E-state index contributed by atoms with van der Waals surface area (Å²) in [5.74, 6) is -1.87. The first-order chi connectivity index (χ1) is 11.7. The third-order valence-corrected chi connectivity index (χ3v) is 4.73. The van der Waals surface area contributed by atoms with Gasteiger partial charge < -0.3 is 5.73 Å². The van der Waals surface area contributed by atoms with E-state index in [1.807, 2.05) is 24.3 Å². The summed E-state index contributed by atoms with van der Waals surface area (Å²) in [4.78, 5) is 41.0. The van der Waals surface area contributed by atoms with Crippen molar-refractivity contribution in [1.29, 1.82) is 0 Å². The van der Waals surface area contributed by atoms with Gasteiger partial charge in [-0.15, -0.1) is 0 Å². The minimum absolute atomic E-state index is 0.0135. The van der Waals surface area contributed by atoms with Crippen LogP contribution in [0.1, 0.15) is 44.4 Å². The number of primary amides is 1. The zero-order valence-electron chi connectivity index (χ0n) is 14.6. The van der Waals surface area contributed by atoms with E-state index in [0.717, 1.165) is 5.56 Å². The molecule has 0 saturated carbocycles. The maximum Gasteiger partial charge on any atom is 0.258 e. The lowest BCUT2D eigenvalue weighted by molar-refractivity contribution is -0.174. The number of imide groups is 1. The molecule has 7 heteroatoms. The molecular formula is C18H23N3O4. The van der Waals surface area contributed by atoms with Gasteiger partial charge in [-0.2, -0.15) is 5.06 Å². The van der Waals surface area contributed by atoms with Crippen molar-refractivity contribution in [3.63, 3.8) is 0 Å². The maximum absolute atomic E-state index is 12.2. The third-order valence-electron chi connectivity index (χ3n) is 4.73. The van der Waals surface area contributed by atoms with Gasteiger partial charge in [0.2, 0.25) is 11.8 Å². The normalized spacial score (nSPS) is 26.6. The van der Waals surface area contributed by atoms with Crippen molar-refractivity contribution in [2.24, 2.45) is 11.7 Å². The smallest absolute Gasteiger partial charge is 0.258 e. The average Bonchev–Trinajstić information content (AvgIpc) is 3.03. The molecule has 7 nitrogen and oxygen atoms in total. The van der Waals surface area contributed by atoms with Crippen LogP contribution in [0.25, 0.3) is 0 Å². The monoisotopic (exact) mass is 345 g/mol. The summed E-state index contributed by atoms with van der Waals surface area (Å²) in [6.45, 7) is 6.60. The third kappa shape index (κ3) is 3.29. The van der Waals surface area contributed by atoms with E-state index in [1.165, 1.54) is 5.56 Å². The molecular weight excluding hydrogens is 322 g/mol. The lowest BCUT2D eigenvalue weighted by Gasteiger charge is -2.26. The van der Waals surface area contributed by atoms with Crippen molar-refractivity contribution >= 4 is 17.7 Å². The van der Waals surface area contributed by atoms with Crippen molar-refractivity contribution in [3.8, 4) is 0 Å². The van der Waals surface area contributed by atoms with E-state index < -0.39 is 29.9 Å². The van der Waals surface area contributed by atoms with E-state index >= 15 is 0 Å². The van der Waals surface area contributed by atoms with Gasteiger partial charge in [-0.25, -0.2) is 0 Å². The number of carbonyl (C=O) groups is 3. The first-order valence-electron chi connectivity index (χ1n) is 8.35. The number of carbonyl (C=O) groups excluding carboxylic acids is 3. The number of amides is 3. The van der Waals surface area contributed by atoms with Gasteiger partial charge in [-0.1, -0.05) is 45.0 Å². The van der Waals surface area contributed by atoms with Crippen LogP contribution < -0.4 is 11.1 Å². The van der Waals surface area contributed by atoms with Crippen LogP contribution in [0.15, 0.2) is 24.3 Å². The molecule has 0 aliphatic carbocycles. The number of hydrogen-bond donors (Lipinski definition) is 2. The zero-order valence-corrected chi connectivity index (χ0v) is 14.6. The lowest BCUT2D eigenvalue weighted by atomic mass is 9.84. The molecule has 3 N–H and O–H groups in total. The van der Waals surface area contributed by atoms with E-state index in [9.17, 15) is 14.4 Å². The van der Waals surface area contributed by atoms with E-state index in [0.29, 0.717) is 0 Å². The van der Waals surface area contributed by atoms with Crippen LogP contribution in [0.2, 0.25) is 0 Å². The number of hydroxylamine groups is 2. The van der Waals surface area contributed by atoms with Crippen LogP contribution in [-0.4, -0.2) is 35.4 Å². The summed E-state index contributed by atoms with van der Waals surface area (Å²) in [5.41, 5.74) is 7.28. The molecule has 2 aliphatic rings. The number of nitrogens with one attached hydrogen (secondary N) is 1.